The summed E-state index contributed by atoms with van der Waals surface area (Å²) in [6.07, 6.45) is 2.21. The van der Waals surface area contributed by atoms with Gasteiger partial charge in [-0.1, -0.05) is 0 Å². The Morgan fingerprint density at radius 1 is 1.23 bits per heavy atom. The lowest BCUT2D eigenvalue weighted by Gasteiger charge is -2.07. The molecule has 0 unspecified atom stereocenters. The van der Waals surface area contributed by atoms with E-state index in [-0.39, 0.29) is 18.0 Å². The van der Waals surface area contributed by atoms with Crippen molar-refractivity contribution in [2.75, 3.05) is 10.7 Å². The van der Waals surface area contributed by atoms with Crippen LogP contribution in [0.2, 0.25) is 0 Å². The first-order chi connectivity index (χ1) is 10.6. The summed E-state index contributed by atoms with van der Waals surface area (Å²) in [5.74, 6) is -1.53. The number of nitrogens with zero attached hydrogens (tertiary/aromatic N) is 2. The number of pyridine rings is 1. The summed E-state index contributed by atoms with van der Waals surface area (Å²) in [7, 11) is 0. The highest BCUT2D eigenvalue weighted by Gasteiger charge is 2.19. The van der Waals surface area contributed by atoms with Gasteiger partial charge in [-0.2, -0.15) is 5.10 Å². The molecule has 0 aliphatic carbocycles. The molecule has 0 saturated heterocycles. The first-order valence-electron chi connectivity index (χ1n) is 6.66. The van der Waals surface area contributed by atoms with Gasteiger partial charge in [0.15, 0.2) is 5.82 Å². The second-order valence-corrected chi connectivity index (χ2v) is 4.74. The van der Waals surface area contributed by atoms with Gasteiger partial charge in [-0.3, -0.25) is 15.2 Å². The Labute approximate surface area is 125 Å². The van der Waals surface area contributed by atoms with E-state index in [0.29, 0.717) is 23.5 Å². The third kappa shape index (κ3) is 2.93. The van der Waals surface area contributed by atoms with E-state index in [9.17, 15) is 13.6 Å². The normalized spacial score (nSPS) is 15.9. The zero-order chi connectivity index (χ0) is 15.5. The molecule has 2 aromatic rings. The molecule has 0 spiro atoms. The number of anilines is 2. The Morgan fingerprint density at radius 3 is 2.91 bits per heavy atom. The highest BCUT2D eigenvalue weighted by Crippen LogP contribution is 2.21. The van der Waals surface area contributed by atoms with Crippen LogP contribution in [0, 0.1) is 11.6 Å². The number of carbonyl (C=O) groups excluding carboxylic acids is 1. The number of aromatic nitrogens is 1. The number of amides is 1. The van der Waals surface area contributed by atoms with Crippen LogP contribution in [0.15, 0.2) is 41.6 Å². The van der Waals surface area contributed by atoms with Crippen molar-refractivity contribution in [3.8, 4) is 0 Å². The van der Waals surface area contributed by atoms with Crippen LogP contribution in [-0.4, -0.2) is 16.6 Å². The summed E-state index contributed by atoms with van der Waals surface area (Å²) in [6.45, 7) is 0. The zero-order valence-corrected chi connectivity index (χ0v) is 11.4. The molecule has 2 N–H and O–H groups in total. The van der Waals surface area contributed by atoms with Crippen molar-refractivity contribution in [3.05, 3.63) is 53.9 Å². The Balaban J connectivity index is 1.92. The number of halogens is 2. The molecular formula is C15H12F2N4O. The fourth-order valence-corrected chi connectivity index (χ4v) is 2.12. The lowest BCUT2D eigenvalue weighted by Crippen LogP contribution is -2.09. The maximum absolute atomic E-state index is 13.6. The minimum atomic E-state index is -0.742. The van der Waals surface area contributed by atoms with Crippen molar-refractivity contribution in [2.24, 2.45) is 5.10 Å². The highest BCUT2D eigenvalue weighted by molar-refractivity contribution is 6.10. The van der Waals surface area contributed by atoms with E-state index in [1.165, 1.54) is 6.07 Å². The van der Waals surface area contributed by atoms with Gasteiger partial charge in [-0.25, -0.2) is 8.78 Å². The number of hydrogen-bond donors (Lipinski definition) is 2. The molecule has 0 bridgehead atoms. The van der Waals surface area contributed by atoms with Crippen LogP contribution in [0.5, 0.6) is 0 Å². The molecule has 0 radical (unpaired) electrons. The van der Waals surface area contributed by atoms with Gasteiger partial charge in [0.05, 0.1) is 17.1 Å². The van der Waals surface area contributed by atoms with Gasteiger partial charge in [0.25, 0.3) is 0 Å². The Morgan fingerprint density at radius 2 is 2.09 bits per heavy atom. The molecular weight excluding hydrogens is 290 g/mol. The standard InChI is InChI=1S/C15H12F2N4O/c16-9-3-4-11(10(17)8-9)20-21-13-5-6-14(22)19-12-2-1-7-18-15(12)13/h1-4,7-8,20H,5-6H2,(H,19,22)/b21-13+. The van der Waals surface area contributed by atoms with Gasteiger partial charge < -0.3 is 5.32 Å². The van der Waals surface area contributed by atoms with Crippen molar-refractivity contribution in [3.63, 3.8) is 0 Å². The lowest BCUT2D eigenvalue weighted by molar-refractivity contribution is -0.116. The number of hydrazone groups is 1. The van der Waals surface area contributed by atoms with Crippen molar-refractivity contribution >= 4 is 23.0 Å². The zero-order valence-electron chi connectivity index (χ0n) is 11.4. The van der Waals surface area contributed by atoms with E-state index in [4.69, 9.17) is 0 Å². The monoisotopic (exact) mass is 302 g/mol. The SMILES string of the molecule is O=C1CC/C(=N\Nc2ccc(F)cc2F)c2ncccc2N1. The van der Waals surface area contributed by atoms with Gasteiger partial charge in [-0.05, 0) is 24.3 Å². The molecule has 1 aliphatic rings. The average molecular weight is 302 g/mol. The number of rotatable bonds is 2. The largest absolute Gasteiger partial charge is 0.324 e. The van der Waals surface area contributed by atoms with Crippen molar-refractivity contribution in [1.82, 2.24) is 4.98 Å². The molecule has 1 amide bonds. The van der Waals surface area contributed by atoms with Crippen molar-refractivity contribution < 1.29 is 13.6 Å². The summed E-state index contributed by atoms with van der Waals surface area (Å²) < 4.78 is 26.5. The van der Waals surface area contributed by atoms with E-state index in [0.717, 1.165) is 12.1 Å². The second kappa shape index (κ2) is 5.88. The Hall–Kier alpha value is -2.83. The summed E-state index contributed by atoms with van der Waals surface area (Å²) in [5, 5.41) is 6.86. The van der Waals surface area contributed by atoms with E-state index in [1.54, 1.807) is 18.3 Å². The van der Waals surface area contributed by atoms with Gasteiger partial charge in [0.2, 0.25) is 5.91 Å². The maximum Gasteiger partial charge on any atom is 0.224 e. The van der Waals surface area contributed by atoms with Crippen molar-refractivity contribution in [2.45, 2.75) is 12.8 Å². The molecule has 0 fully saturated rings. The number of nitrogens with one attached hydrogen (secondary N) is 2. The number of benzene rings is 1. The molecule has 2 heterocycles. The Kier molecular flexibility index (Phi) is 3.78. The van der Waals surface area contributed by atoms with Gasteiger partial charge in [-0.15, -0.1) is 0 Å². The number of fused-ring (bicyclic) bond motifs is 1. The summed E-state index contributed by atoms with van der Waals surface area (Å²) >= 11 is 0. The molecule has 0 atom stereocenters. The molecule has 1 aliphatic heterocycles. The van der Waals surface area contributed by atoms with Crippen LogP contribution in [0.1, 0.15) is 18.5 Å². The van der Waals surface area contributed by atoms with E-state index in [1.807, 2.05) is 0 Å². The molecule has 112 valence electrons. The third-order valence-corrected chi connectivity index (χ3v) is 3.19. The minimum Gasteiger partial charge on any atom is -0.324 e. The Bertz CT molecular complexity index is 761. The minimum absolute atomic E-state index is 0.0508. The van der Waals surface area contributed by atoms with E-state index in [2.05, 4.69) is 20.8 Å². The van der Waals surface area contributed by atoms with Crippen LogP contribution >= 0.6 is 0 Å². The van der Waals surface area contributed by atoms with Crippen LogP contribution in [-0.2, 0) is 4.79 Å². The molecule has 22 heavy (non-hydrogen) atoms. The molecule has 3 rings (SSSR count). The fraction of sp³-hybridized carbons (Fsp3) is 0.133. The van der Waals surface area contributed by atoms with Gasteiger partial charge in [0, 0.05) is 25.1 Å². The quantitative estimate of drug-likeness (QED) is 0.838. The third-order valence-electron chi connectivity index (χ3n) is 3.19. The van der Waals surface area contributed by atoms with Gasteiger partial charge in [0.1, 0.15) is 11.5 Å². The average Bonchev–Trinajstić information content (AvgIpc) is 2.65. The molecule has 0 saturated carbocycles. The molecule has 1 aromatic heterocycles. The number of carbonyl (C=O) groups is 1. The van der Waals surface area contributed by atoms with E-state index < -0.39 is 11.6 Å². The predicted octanol–water partition coefficient (Wildman–Crippen LogP) is 2.91. The first kappa shape index (κ1) is 14.1. The summed E-state index contributed by atoms with van der Waals surface area (Å²) in [4.78, 5) is 15.8. The first-order valence-corrected chi connectivity index (χ1v) is 6.66. The smallest absolute Gasteiger partial charge is 0.224 e. The molecule has 1 aromatic carbocycles. The highest BCUT2D eigenvalue weighted by atomic mass is 19.1. The topological polar surface area (TPSA) is 66.4 Å². The van der Waals surface area contributed by atoms with Crippen molar-refractivity contribution in [1.29, 1.82) is 0 Å². The van der Waals surface area contributed by atoms with Crippen LogP contribution in [0.3, 0.4) is 0 Å². The van der Waals surface area contributed by atoms with Crippen LogP contribution in [0.25, 0.3) is 0 Å². The van der Waals surface area contributed by atoms with Crippen LogP contribution < -0.4 is 10.7 Å². The maximum atomic E-state index is 13.6. The van der Waals surface area contributed by atoms with Crippen LogP contribution in [0.4, 0.5) is 20.2 Å². The lowest BCUT2D eigenvalue weighted by atomic mass is 10.1. The summed E-state index contributed by atoms with van der Waals surface area (Å²) in [5.41, 5.74) is 4.23. The van der Waals surface area contributed by atoms with Gasteiger partial charge >= 0.3 is 0 Å². The molecule has 5 nitrogen and oxygen atoms in total. The predicted molar refractivity (Wildman–Crippen MR) is 78.6 cm³/mol. The summed E-state index contributed by atoms with van der Waals surface area (Å²) in [6, 6.07) is 6.59. The fourth-order valence-electron chi connectivity index (χ4n) is 2.12. The number of hydrogen-bond acceptors (Lipinski definition) is 4. The van der Waals surface area contributed by atoms with E-state index >= 15 is 0 Å². The second-order valence-electron chi connectivity index (χ2n) is 4.74. The molecule has 7 heteroatoms.